The van der Waals surface area contributed by atoms with Crippen LogP contribution >= 0.6 is 22.9 Å². The molecule has 0 bridgehead atoms. The lowest BCUT2D eigenvalue weighted by Crippen LogP contribution is -2.48. The number of carbonyl (C=O) groups is 1. The van der Waals surface area contributed by atoms with Crippen LogP contribution in [0, 0.1) is 0 Å². The molecule has 2 heterocycles. The predicted molar refractivity (Wildman–Crippen MR) is 124 cm³/mol. The van der Waals surface area contributed by atoms with Gasteiger partial charge in [0.25, 0.3) is 5.91 Å². The molecule has 0 N–H and O–H groups in total. The van der Waals surface area contributed by atoms with Crippen LogP contribution in [-0.2, 0) is 0 Å². The zero-order valence-electron chi connectivity index (χ0n) is 17.1. The maximum Gasteiger partial charge on any atom is 0.253 e. The number of aromatic nitrogens is 1. The number of benzene rings is 2. The molecule has 1 aromatic heterocycles. The van der Waals surface area contributed by atoms with Crippen molar-refractivity contribution in [2.24, 2.45) is 0 Å². The fraction of sp³-hybridized carbons (Fsp3) is 0.391. The Kier molecular flexibility index (Phi) is 6.75. The van der Waals surface area contributed by atoms with E-state index in [1.807, 2.05) is 47.4 Å². The van der Waals surface area contributed by atoms with Gasteiger partial charge in [0.05, 0.1) is 16.8 Å². The molecule has 4 rings (SSSR count). The number of anilines is 1. The van der Waals surface area contributed by atoms with Crippen molar-refractivity contribution in [2.45, 2.75) is 26.2 Å². The van der Waals surface area contributed by atoms with Crippen molar-refractivity contribution in [3.05, 3.63) is 53.1 Å². The molecule has 0 spiro atoms. The van der Waals surface area contributed by atoms with Crippen molar-refractivity contribution >= 4 is 44.2 Å². The maximum atomic E-state index is 12.9. The van der Waals surface area contributed by atoms with Crippen LogP contribution in [0.25, 0.3) is 10.2 Å². The van der Waals surface area contributed by atoms with Gasteiger partial charge in [-0.25, -0.2) is 4.98 Å². The first-order chi connectivity index (χ1) is 14.6. The molecule has 5 nitrogen and oxygen atoms in total. The highest BCUT2D eigenvalue weighted by Crippen LogP contribution is 2.31. The van der Waals surface area contributed by atoms with Crippen molar-refractivity contribution in [3.8, 4) is 5.75 Å². The van der Waals surface area contributed by atoms with Crippen LogP contribution in [0.2, 0.25) is 5.02 Å². The average Bonchev–Trinajstić information content (AvgIpc) is 3.20. The second kappa shape index (κ2) is 9.67. The van der Waals surface area contributed by atoms with E-state index < -0.39 is 0 Å². The van der Waals surface area contributed by atoms with Gasteiger partial charge in [0, 0.05) is 36.8 Å². The van der Waals surface area contributed by atoms with Crippen LogP contribution in [0.1, 0.15) is 36.5 Å². The predicted octanol–water partition coefficient (Wildman–Crippen LogP) is 5.48. The number of thiazole rings is 1. The van der Waals surface area contributed by atoms with Gasteiger partial charge in [-0.05, 0) is 48.9 Å². The van der Waals surface area contributed by atoms with Gasteiger partial charge < -0.3 is 14.5 Å². The third-order valence-electron chi connectivity index (χ3n) is 5.29. The van der Waals surface area contributed by atoms with Crippen LogP contribution in [-0.4, -0.2) is 48.6 Å². The molecule has 0 unspecified atom stereocenters. The summed E-state index contributed by atoms with van der Waals surface area (Å²) in [5, 5.41) is 1.72. The number of unbranched alkanes of at least 4 members (excludes halogenated alkanes) is 2. The summed E-state index contributed by atoms with van der Waals surface area (Å²) in [5.41, 5.74) is 1.67. The topological polar surface area (TPSA) is 45.7 Å². The molecule has 0 saturated carbocycles. The largest absolute Gasteiger partial charge is 0.494 e. The van der Waals surface area contributed by atoms with E-state index >= 15 is 0 Å². The standard InChI is InChI=1S/C23H26ClN3O2S/c1-2-3-4-15-29-19-8-5-17(6-9-19)22(28)26-11-13-27(14-12-26)23-25-20-10-7-18(24)16-21(20)30-23/h5-10,16H,2-4,11-15H2,1H3. The molecule has 158 valence electrons. The molecule has 7 heteroatoms. The third-order valence-corrected chi connectivity index (χ3v) is 6.61. The fourth-order valence-corrected chi connectivity index (χ4v) is 4.83. The highest BCUT2D eigenvalue weighted by atomic mass is 35.5. The summed E-state index contributed by atoms with van der Waals surface area (Å²) >= 11 is 7.73. The number of carbonyl (C=O) groups excluding carboxylic acids is 1. The number of ether oxygens (including phenoxy) is 1. The Bertz CT molecular complexity index is 997. The van der Waals surface area contributed by atoms with E-state index in [4.69, 9.17) is 21.3 Å². The summed E-state index contributed by atoms with van der Waals surface area (Å²) in [5.74, 6) is 0.895. The average molecular weight is 444 g/mol. The van der Waals surface area contributed by atoms with Crippen molar-refractivity contribution in [2.75, 3.05) is 37.7 Å². The maximum absolute atomic E-state index is 12.9. The lowest BCUT2D eigenvalue weighted by atomic mass is 10.1. The Hall–Kier alpha value is -2.31. The summed E-state index contributed by atoms with van der Waals surface area (Å²) < 4.78 is 6.83. The molecule has 1 aliphatic heterocycles. The summed E-state index contributed by atoms with van der Waals surface area (Å²) in [4.78, 5) is 21.8. The number of piperazine rings is 1. The summed E-state index contributed by atoms with van der Waals surface area (Å²) in [6, 6.07) is 13.3. The van der Waals surface area contributed by atoms with Crippen molar-refractivity contribution in [1.29, 1.82) is 0 Å². The zero-order chi connectivity index (χ0) is 20.9. The number of hydrogen-bond acceptors (Lipinski definition) is 5. The summed E-state index contributed by atoms with van der Waals surface area (Å²) in [7, 11) is 0. The SMILES string of the molecule is CCCCCOc1ccc(C(=O)N2CCN(c3nc4ccc(Cl)cc4s3)CC2)cc1. The summed E-state index contributed by atoms with van der Waals surface area (Å²) in [6.07, 6.45) is 3.41. The van der Waals surface area contributed by atoms with E-state index in [0.717, 1.165) is 52.2 Å². The van der Waals surface area contributed by atoms with Crippen LogP contribution < -0.4 is 9.64 Å². The molecular formula is C23H26ClN3O2S. The van der Waals surface area contributed by atoms with Gasteiger partial charge in [-0.3, -0.25) is 4.79 Å². The van der Waals surface area contributed by atoms with Gasteiger partial charge in [0.1, 0.15) is 5.75 Å². The minimum atomic E-state index is 0.0725. The smallest absolute Gasteiger partial charge is 0.253 e. The molecule has 2 aromatic carbocycles. The quantitative estimate of drug-likeness (QED) is 0.453. The Morgan fingerprint density at radius 3 is 2.60 bits per heavy atom. The number of rotatable bonds is 7. The zero-order valence-corrected chi connectivity index (χ0v) is 18.7. The summed E-state index contributed by atoms with van der Waals surface area (Å²) in [6.45, 7) is 5.82. The molecule has 3 aromatic rings. The number of halogens is 1. The van der Waals surface area contributed by atoms with Crippen molar-refractivity contribution in [3.63, 3.8) is 0 Å². The molecule has 1 aliphatic rings. The van der Waals surface area contributed by atoms with Crippen molar-refractivity contribution in [1.82, 2.24) is 9.88 Å². The molecule has 0 radical (unpaired) electrons. The molecule has 1 amide bonds. The highest BCUT2D eigenvalue weighted by molar-refractivity contribution is 7.22. The monoisotopic (exact) mass is 443 g/mol. The normalized spacial score (nSPS) is 14.3. The Balaban J connectivity index is 1.32. The lowest BCUT2D eigenvalue weighted by molar-refractivity contribution is 0.0746. The first-order valence-electron chi connectivity index (χ1n) is 10.5. The van der Waals surface area contributed by atoms with Crippen molar-refractivity contribution < 1.29 is 9.53 Å². The van der Waals surface area contributed by atoms with Crippen LogP contribution in [0.15, 0.2) is 42.5 Å². The number of hydrogen-bond donors (Lipinski definition) is 0. The highest BCUT2D eigenvalue weighted by Gasteiger charge is 2.24. The first-order valence-corrected chi connectivity index (χ1v) is 11.7. The molecule has 1 fully saturated rings. The second-order valence-corrected chi connectivity index (χ2v) is 8.91. The third kappa shape index (κ3) is 4.87. The van der Waals surface area contributed by atoms with Gasteiger partial charge in [-0.2, -0.15) is 0 Å². The minimum absolute atomic E-state index is 0.0725. The molecule has 0 aliphatic carbocycles. The van der Waals surface area contributed by atoms with E-state index in [1.54, 1.807) is 11.3 Å². The van der Waals surface area contributed by atoms with E-state index in [1.165, 1.54) is 12.8 Å². The van der Waals surface area contributed by atoms with Gasteiger partial charge in [0.15, 0.2) is 5.13 Å². The van der Waals surface area contributed by atoms with Gasteiger partial charge in [-0.15, -0.1) is 0 Å². The number of amides is 1. The number of fused-ring (bicyclic) bond motifs is 1. The van der Waals surface area contributed by atoms with E-state index in [2.05, 4.69) is 11.8 Å². The van der Waals surface area contributed by atoms with Gasteiger partial charge >= 0.3 is 0 Å². The van der Waals surface area contributed by atoms with E-state index in [0.29, 0.717) is 18.7 Å². The van der Waals surface area contributed by atoms with E-state index in [9.17, 15) is 4.79 Å². The fourth-order valence-electron chi connectivity index (χ4n) is 3.54. The molecule has 1 saturated heterocycles. The van der Waals surface area contributed by atoms with Crippen LogP contribution in [0.5, 0.6) is 5.75 Å². The lowest BCUT2D eigenvalue weighted by Gasteiger charge is -2.34. The first kappa shape index (κ1) is 20.9. The Morgan fingerprint density at radius 2 is 1.87 bits per heavy atom. The van der Waals surface area contributed by atoms with Gasteiger partial charge in [0.2, 0.25) is 0 Å². The van der Waals surface area contributed by atoms with E-state index in [-0.39, 0.29) is 5.91 Å². The van der Waals surface area contributed by atoms with Gasteiger partial charge in [-0.1, -0.05) is 42.7 Å². The van der Waals surface area contributed by atoms with Crippen LogP contribution in [0.3, 0.4) is 0 Å². The van der Waals surface area contributed by atoms with Crippen LogP contribution in [0.4, 0.5) is 5.13 Å². The molecule has 0 atom stereocenters. The molecular weight excluding hydrogens is 418 g/mol. The Morgan fingerprint density at radius 1 is 1.10 bits per heavy atom. The second-order valence-electron chi connectivity index (χ2n) is 7.47. The molecule has 30 heavy (non-hydrogen) atoms. The minimum Gasteiger partial charge on any atom is -0.494 e. The number of nitrogens with zero attached hydrogens (tertiary/aromatic N) is 3. The Labute approximate surface area is 186 Å².